The zero-order chi connectivity index (χ0) is 19.6. The van der Waals surface area contributed by atoms with Crippen LogP contribution in [0.25, 0.3) is 0 Å². The number of carbonyl (C=O) groups excluding carboxylic acids is 1. The molecule has 0 spiro atoms. The molecule has 0 saturated heterocycles. The third kappa shape index (κ3) is 6.40. The van der Waals surface area contributed by atoms with Gasteiger partial charge in [-0.1, -0.05) is 60.2 Å². The Morgan fingerprint density at radius 2 is 1.64 bits per heavy atom. The van der Waals surface area contributed by atoms with Crippen molar-refractivity contribution in [2.24, 2.45) is 5.10 Å². The van der Waals surface area contributed by atoms with Crippen molar-refractivity contribution in [3.05, 3.63) is 101 Å². The average Bonchev–Trinajstić information content (AvgIpc) is 2.73. The molecule has 0 bridgehead atoms. The van der Waals surface area contributed by atoms with E-state index >= 15 is 0 Å². The monoisotopic (exact) mass is 372 g/mol. The predicted molar refractivity (Wildman–Crippen MR) is 112 cm³/mol. The first-order valence-corrected chi connectivity index (χ1v) is 9.33. The highest BCUT2D eigenvalue weighted by Crippen LogP contribution is 2.14. The van der Waals surface area contributed by atoms with E-state index in [-0.39, 0.29) is 5.91 Å². The van der Waals surface area contributed by atoms with Crippen LogP contribution in [-0.2, 0) is 17.8 Å². The fraction of sp³-hybridized carbons (Fsp3) is 0.167. The van der Waals surface area contributed by atoms with E-state index in [4.69, 9.17) is 4.74 Å². The van der Waals surface area contributed by atoms with Gasteiger partial charge in [-0.25, -0.2) is 5.43 Å². The smallest absolute Gasteiger partial charge is 0.240 e. The second-order valence-corrected chi connectivity index (χ2v) is 6.62. The van der Waals surface area contributed by atoms with Gasteiger partial charge in [-0.2, -0.15) is 5.10 Å². The Labute approximate surface area is 165 Å². The summed E-state index contributed by atoms with van der Waals surface area (Å²) in [5.41, 5.74) is 6.97. The van der Waals surface area contributed by atoms with Gasteiger partial charge in [0.25, 0.3) is 0 Å². The number of rotatable bonds is 8. The molecule has 0 atom stereocenters. The van der Waals surface area contributed by atoms with Crippen LogP contribution in [0, 0.1) is 6.92 Å². The zero-order valence-electron chi connectivity index (χ0n) is 16.0. The summed E-state index contributed by atoms with van der Waals surface area (Å²) in [6.45, 7) is 2.60. The normalized spacial score (nSPS) is 10.8. The SMILES string of the molecule is Cc1ccc(COc2ccc(/C=N/NC(=O)CCc3ccccc3)cc2)cc1. The first-order valence-electron chi connectivity index (χ1n) is 9.33. The van der Waals surface area contributed by atoms with Crippen LogP contribution in [0.4, 0.5) is 0 Å². The third-order valence-corrected chi connectivity index (χ3v) is 4.29. The Kier molecular flexibility index (Phi) is 6.96. The van der Waals surface area contributed by atoms with E-state index in [0.29, 0.717) is 19.4 Å². The summed E-state index contributed by atoms with van der Waals surface area (Å²) in [4.78, 5) is 11.9. The molecule has 3 aromatic carbocycles. The first-order chi connectivity index (χ1) is 13.7. The van der Waals surface area contributed by atoms with Gasteiger partial charge in [0.05, 0.1) is 6.21 Å². The standard InChI is InChI=1S/C24H24N2O2/c1-19-7-9-22(10-8-19)18-28-23-14-11-21(12-15-23)17-25-26-24(27)16-13-20-5-3-2-4-6-20/h2-12,14-15,17H,13,16,18H2,1H3,(H,26,27)/b25-17+. The Bertz CT molecular complexity index is 902. The molecule has 3 rings (SSSR count). The number of hydrogen-bond acceptors (Lipinski definition) is 3. The molecule has 1 amide bonds. The fourth-order valence-corrected chi connectivity index (χ4v) is 2.64. The molecule has 0 unspecified atom stereocenters. The van der Waals surface area contributed by atoms with Gasteiger partial charge in [0.2, 0.25) is 5.91 Å². The van der Waals surface area contributed by atoms with E-state index in [1.807, 2.05) is 54.6 Å². The Hall–Kier alpha value is -3.40. The van der Waals surface area contributed by atoms with Gasteiger partial charge in [0.1, 0.15) is 12.4 Å². The van der Waals surface area contributed by atoms with Gasteiger partial charge in [-0.05, 0) is 54.3 Å². The summed E-state index contributed by atoms with van der Waals surface area (Å²) in [6.07, 6.45) is 2.74. The molecule has 0 aliphatic heterocycles. The molecule has 4 nitrogen and oxygen atoms in total. The highest BCUT2D eigenvalue weighted by Gasteiger charge is 2.01. The van der Waals surface area contributed by atoms with E-state index in [2.05, 4.69) is 41.7 Å². The number of amides is 1. The lowest BCUT2D eigenvalue weighted by Gasteiger charge is -2.07. The van der Waals surface area contributed by atoms with Gasteiger partial charge < -0.3 is 4.74 Å². The van der Waals surface area contributed by atoms with Gasteiger partial charge in [-0.15, -0.1) is 0 Å². The van der Waals surface area contributed by atoms with E-state index < -0.39 is 0 Å². The minimum absolute atomic E-state index is 0.0989. The molecule has 3 aromatic rings. The van der Waals surface area contributed by atoms with Crippen LogP contribution >= 0.6 is 0 Å². The van der Waals surface area contributed by atoms with Crippen LogP contribution in [-0.4, -0.2) is 12.1 Å². The van der Waals surface area contributed by atoms with Crippen LogP contribution in [0.5, 0.6) is 5.75 Å². The summed E-state index contributed by atoms with van der Waals surface area (Å²) in [7, 11) is 0. The lowest BCUT2D eigenvalue weighted by molar-refractivity contribution is -0.121. The second kappa shape index (κ2) is 10.1. The quantitative estimate of drug-likeness (QED) is 0.462. The molecule has 0 radical (unpaired) electrons. The highest BCUT2D eigenvalue weighted by atomic mass is 16.5. The number of carbonyl (C=O) groups is 1. The molecule has 0 saturated carbocycles. The van der Waals surface area contributed by atoms with Crippen LogP contribution in [0.15, 0.2) is 84.0 Å². The van der Waals surface area contributed by atoms with Gasteiger partial charge in [0, 0.05) is 6.42 Å². The van der Waals surface area contributed by atoms with E-state index in [1.165, 1.54) is 5.56 Å². The number of hydrogen-bond donors (Lipinski definition) is 1. The van der Waals surface area contributed by atoms with Crippen LogP contribution in [0.3, 0.4) is 0 Å². The van der Waals surface area contributed by atoms with Crippen molar-refractivity contribution in [2.45, 2.75) is 26.4 Å². The van der Waals surface area contributed by atoms with E-state index in [0.717, 1.165) is 22.4 Å². The van der Waals surface area contributed by atoms with Crippen LogP contribution in [0.1, 0.15) is 28.7 Å². The highest BCUT2D eigenvalue weighted by molar-refractivity contribution is 5.82. The molecular weight excluding hydrogens is 348 g/mol. The molecular formula is C24H24N2O2. The fourth-order valence-electron chi connectivity index (χ4n) is 2.64. The maximum Gasteiger partial charge on any atom is 0.240 e. The minimum Gasteiger partial charge on any atom is -0.489 e. The van der Waals surface area contributed by atoms with Crippen molar-refractivity contribution in [1.29, 1.82) is 0 Å². The summed E-state index contributed by atoms with van der Waals surface area (Å²) in [5, 5.41) is 4.02. The topological polar surface area (TPSA) is 50.7 Å². The van der Waals surface area contributed by atoms with E-state index in [9.17, 15) is 4.79 Å². The number of nitrogens with zero attached hydrogens (tertiary/aromatic N) is 1. The Morgan fingerprint density at radius 1 is 0.929 bits per heavy atom. The summed E-state index contributed by atoms with van der Waals surface area (Å²) < 4.78 is 5.79. The molecule has 0 aliphatic rings. The van der Waals surface area contributed by atoms with E-state index in [1.54, 1.807) is 6.21 Å². The van der Waals surface area contributed by atoms with Gasteiger partial charge in [-0.3, -0.25) is 4.79 Å². The van der Waals surface area contributed by atoms with Gasteiger partial charge in [0.15, 0.2) is 0 Å². The molecule has 0 aliphatic carbocycles. The molecule has 0 aromatic heterocycles. The van der Waals surface area contributed by atoms with Crippen LogP contribution in [0.2, 0.25) is 0 Å². The number of nitrogens with one attached hydrogen (secondary N) is 1. The third-order valence-electron chi connectivity index (χ3n) is 4.29. The lowest BCUT2D eigenvalue weighted by atomic mass is 10.1. The maximum atomic E-state index is 11.9. The summed E-state index contributed by atoms with van der Waals surface area (Å²) in [6, 6.07) is 25.8. The zero-order valence-corrected chi connectivity index (χ0v) is 16.0. The lowest BCUT2D eigenvalue weighted by Crippen LogP contribution is -2.17. The van der Waals surface area contributed by atoms with Crippen molar-refractivity contribution in [2.75, 3.05) is 0 Å². The Balaban J connectivity index is 1.41. The number of hydrazone groups is 1. The predicted octanol–water partition coefficient (Wildman–Crippen LogP) is 4.66. The minimum atomic E-state index is -0.0989. The molecule has 0 heterocycles. The number of ether oxygens (including phenoxy) is 1. The Morgan fingerprint density at radius 3 is 2.36 bits per heavy atom. The van der Waals surface area contributed by atoms with Crippen LogP contribution < -0.4 is 10.2 Å². The van der Waals surface area contributed by atoms with Crippen molar-refractivity contribution < 1.29 is 9.53 Å². The number of aryl methyl sites for hydroxylation is 2. The van der Waals surface area contributed by atoms with Crippen molar-refractivity contribution >= 4 is 12.1 Å². The number of benzene rings is 3. The van der Waals surface area contributed by atoms with Crippen molar-refractivity contribution in [1.82, 2.24) is 5.43 Å². The van der Waals surface area contributed by atoms with Crippen molar-refractivity contribution in [3.8, 4) is 5.75 Å². The second-order valence-electron chi connectivity index (χ2n) is 6.62. The van der Waals surface area contributed by atoms with Crippen molar-refractivity contribution in [3.63, 3.8) is 0 Å². The largest absolute Gasteiger partial charge is 0.489 e. The molecule has 28 heavy (non-hydrogen) atoms. The maximum absolute atomic E-state index is 11.9. The molecule has 142 valence electrons. The summed E-state index contributed by atoms with van der Waals surface area (Å²) >= 11 is 0. The molecule has 0 fully saturated rings. The molecule has 1 N–H and O–H groups in total. The summed E-state index contributed by atoms with van der Waals surface area (Å²) in [5.74, 6) is 0.697. The van der Waals surface area contributed by atoms with Gasteiger partial charge >= 0.3 is 0 Å². The average molecular weight is 372 g/mol. The molecule has 4 heteroatoms. The first kappa shape index (κ1) is 19.4.